The zero-order valence-corrected chi connectivity index (χ0v) is 10.0. The third-order valence-electron chi connectivity index (χ3n) is 2.40. The van der Waals surface area contributed by atoms with Gasteiger partial charge in [0, 0.05) is 11.3 Å². The Labute approximate surface area is 108 Å². The van der Waals surface area contributed by atoms with Crippen LogP contribution in [0, 0.1) is 0 Å². The lowest BCUT2D eigenvalue weighted by Gasteiger charge is -2.04. The van der Waals surface area contributed by atoms with Crippen LogP contribution in [0.4, 0.5) is 10.5 Å². The fourth-order valence-electron chi connectivity index (χ4n) is 1.50. The molecule has 2 rings (SSSR count). The molecule has 7 nitrogen and oxygen atoms in total. The maximum absolute atomic E-state index is 11.1. The molecule has 0 spiro atoms. The highest BCUT2D eigenvalue weighted by molar-refractivity contribution is 5.88. The van der Waals surface area contributed by atoms with Crippen molar-refractivity contribution in [3.8, 4) is 11.3 Å². The summed E-state index contributed by atoms with van der Waals surface area (Å²) >= 11 is 0. The van der Waals surface area contributed by atoms with Crippen LogP contribution in [0.1, 0.15) is 10.5 Å². The summed E-state index contributed by atoms with van der Waals surface area (Å²) in [6.07, 6.45) is -0.578. The number of hydrogen-bond donors (Lipinski definition) is 3. The number of benzene rings is 1. The molecule has 0 unspecified atom stereocenters. The maximum Gasteiger partial charge on any atom is 0.411 e. The summed E-state index contributed by atoms with van der Waals surface area (Å²) in [5.41, 5.74) is 1.69. The number of nitrogens with one attached hydrogen (secondary N) is 2. The first-order valence-electron chi connectivity index (χ1n) is 5.34. The molecule has 0 fully saturated rings. The average Bonchev–Trinajstić information content (AvgIpc) is 2.88. The van der Waals surface area contributed by atoms with Crippen molar-refractivity contribution < 1.29 is 19.4 Å². The predicted molar refractivity (Wildman–Crippen MR) is 67.0 cm³/mol. The highest BCUT2D eigenvalue weighted by Gasteiger charge is 2.10. The highest BCUT2D eigenvalue weighted by atomic mass is 16.5. The Bertz CT molecular complexity index is 621. The van der Waals surface area contributed by atoms with Gasteiger partial charge in [0.1, 0.15) is 5.69 Å². The monoisotopic (exact) mass is 261 g/mol. The van der Waals surface area contributed by atoms with Crippen LogP contribution < -0.4 is 5.32 Å². The summed E-state index contributed by atoms with van der Waals surface area (Å²) in [6.45, 7) is 0. The van der Waals surface area contributed by atoms with Gasteiger partial charge in [0.15, 0.2) is 0 Å². The average molecular weight is 261 g/mol. The fourth-order valence-corrected chi connectivity index (χ4v) is 1.50. The summed E-state index contributed by atoms with van der Waals surface area (Å²) in [6, 6.07) is 8.24. The predicted octanol–water partition coefficient (Wildman–Crippen LogP) is 1.95. The Balaban J connectivity index is 2.26. The molecule has 0 bridgehead atoms. The van der Waals surface area contributed by atoms with Gasteiger partial charge in [-0.1, -0.05) is 12.1 Å². The minimum Gasteiger partial charge on any atom is -0.477 e. The third-order valence-corrected chi connectivity index (χ3v) is 2.40. The molecule has 1 amide bonds. The van der Waals surface area contributed by atoms with E-state index in [0.717, 1.165) is 0 Å². The number of hydrogen-bond acceptors (Lipinski definition) is 4. The molecule has 0 radical (unpaired) electrons. The van der Waals surface area contributed by atoms with Crippen LogP contribution in [0.15, 0.2) is 30.3 Å². The quantitative estimate of drug-likeness (QED) is 0.783. The van der Waals surface area contributed by atoms with Gasteiger partial charge in [0.2, 0.25) is 0 Å². The fraction of sp³-hybridized carbons (Fsp3) is 0.0833. The molecule has 19 heavy (non-hydrogen) atoms. The molecule has 0 saturated heterocycles. The van der Waals surface area contributed by atoms with Gasteiger partial charge in [0.25, 0.3) is 0 Å². The Morgan fingerprint density at radius 2 is 2.16 bits per heavy atom. The first-order chi connectivity index (χ1) is 9.10. The lowest BCUT2D eigenvalue weighted by molar-refractivity contribution is 0.0690. The molecule has 0 aliphatic heterocycles. The smallest absolute Gasteiger partial charge is 0.411 e. The maximum atomic E-state index is 11.1. The lowest BCUT2D eigenvalue weighted by Crippen LogP contribution is -2.10. The minimum atomic E-state index is -1.08. The van der Waals surface area contributed by atoms with Gasteiger partial charge < -0.3 is 9.84 Å². The number of anilines is 1. The number of carboxylic acids is 1. The second-order valence-corrected chi connectivity index (χ2v) is 3.67. The molecule has 7 heteroatoms. The van der Waals surface area contributed by atoms with Gasteiger partial charge in [-0.2, -0.15) is 5.10 Å². The summed E-state index contributed by atoms with van der Waals surface area (Å²) in [5, 5.41) is 17.6. The zero-order chi connectivity index (χ0) is 13.8. The summed E-state index contributed by atoms with van der Waals surface area (Å²) < 4.78 is 4.49. The van der Waals surface area contributed by atoms with E-state index < -0.39 is 12.1 Å². The van der Waals surface area contributed by atoms with E-state index in [1.807, 2.05) is 0 Å². The first-order valence-corrected chi connectivity index (χ1v) is 5.34. The van der Waals surface area contributed by atoms with Gasteiger partial charge in [-0.15, -0.1) is 0 Å². The van der Waals surface area contributed by atoms with E-state index in [9.17, 15) is 9.59 Å². The molecule has 2 aromatic rings. The number of rotatable bonds is 3. The second kappa shape index (κ2) is 5.21. The number of aromatic carboxylic acids is 1. The summed E-state index contributed by atoms with van der Waals surface area (Å²) in [7, 11) is 1.27. The highest BCUT2D eigenvalue weighted by Crippen LogP contribution is 2.21. The van der Waals surface area contributed by atoms with Crippen molar-refractivity contribution in [2.24, 2.45) is 0 Å². The van der Waals surface area contributed by atoms with Crippen molar-refractivity contribution in [1.82, 2.24) is 10.2 Å². The van der Waals surface area contributed by atoms with E-state index in [0.29, 0.717) is 16.9 Å². The van der Waals surface area contributed by atoms with E-state index in [4.69, 9.17) is 5.11 Å². The SMILES string of the molecule is COC(=O)Nc1cccc(-c2cc(C(=O)O)[nH]n2)c1. The molecular formula is C12H11N3O4. The van der Waals surface area contributed by atoms with Crippen molar-refractivity contribution in [2.75, 3.05) is 12.4 Å². The van der Waals surface area contributed by atoms with E-state index in [2.05, 4.69) is 20.3 Å². The summed E-state index contributed by atoms with van der Waals surface area (Å²) in [5.74, 6) is -1.08. The number of methoxy groups -OCH3 is 1. The molecular weight excluding hydrogens is 250 g/mol. The molecule has 3 N–H and O–H groups in total. The second-order valence-electron chi connectivity index (χ2n) is 3.67. The van der Waals surface area contributed by atoms with Gasteiger partial charge in [-0.05, 0) is 18.2 Å². The molecule has 1 aromatic carbocycles. The van der Waals surface area contributed by atoms with E-state index in [1.54, 1.807) is 24.3 Å². The van der Waals surface area contributed by atoms with Gasteiger partial charge in [0.05, 0.1) is 12.8 Å². The molecule has 0 aliphatic rings. The molecule has 0 atom stereocenters. The van der Waals surface area contributed by atoms with E-state index in [1.165, 1.54) is 13.2 Å². The van der Waals surface area contributed by atoms with E-state index in [-0.39, 0.29) is 5.69 Å². The van der Waals surface area contributed by atoms with Crippen LogP contribution in [0.25, 0.3) is 11.3 Å². The Morgan fingerprint density at radius 3 is 2.79 bits per heavy atom. The number of aromatic amines is 1. The summed E-state index contributed by atoms with van der Waals surface area (Å²) in [4.78, 5) is 21.8. The number of carboxylic acid groups (broad SMARTS) is 1. The van der Waals surface area contributed by atoms with Crippen molar-refractivity contribution in [2.45, 2.75) is 0 Å². The molecule has 1 heterocycles. The normalized spacial score (nSPS) is 9.95. The largest absolute Gasteiger partial charge is 0.477 e. The number of amides is 1. The number of aromatic nitrogens is 2. The Hall–Kier alpha value is -2.83. The van der Waals surface area contributed by atoms with E-state index >= 15 is 0 Å². The topological polar surface area (TPSA) is 104 Å². The van der Waals surface area contributed by atoms with Crippen molar-refractivity contribution >= 4 is 17.7 Å². The van der Waals surface area contributed by atoms with Crippen LogP contribution in [-0.4, -0.2) is 34.5 Å². The molecule has 0 saturated carbocycles. The minimum absolute atomic E-state index is 0.00123. The Kier molecular flexibility index (Phi) is 3.46. The lowest BCUT2D eigenvalue weighted by atomic mass is 10.1. The van der Waals surface area contributed by atoms with Crippen molar-refractivity contribution in [3.63, 3.8) is 0 Å². The number of carbonyl (C=O) groups is 2. The zero-order valence-electron chi connectivity index (χ0n) is 10.0. The molecule has 98 valence electrons. The first kappa shape index (κ1) is 12.6. The molecule has 0 aliphatic carbocycles. The molecule has 1 aromatic heterocycles. The standard InChI is InChI=1S/C12H11N3O4/c1-19-12(18)13-8-4-2-3-7(5-8)9-6-10(11(16)17)15-14-9/h2-6H,1H3,(H,13,18)(H,14,15)(H,16,17). The van der Waals surface area contributed by atoms with Gasteiger partial charge >= 0.3 is 12.1 Å². The number of carbonyl (C=O) groups excluding carboxylic acids is 1. The number of nitrogens with zero attached hydrogens (tertiary/aromatic N) is 1. The number of ether oxygens (including phenoxy) is 1. The van der Waals surface area contributed by atoms with Crippen LogP contribution >= 0.6 is 0 Å². The van der Waals surface area contributed by atoms with Gasteiger partial charge in [-0.25, -0.2) is 9.59 Å². The van der Waals surface area contributed by atoms with Crippen LogP contribution in [0.5, 0.6) is 0 Å². The Morgan fingerprint density at radius 1 is 1.37 bits per heavy atom. The van der Waals surface area contributed by atoms with Crippen molar-refractivity contribution in [1.29, 1.82) is 0 Å². The van der Waals surface area contributed by atoms with Crippen LogP contribution in [0.2, 0.25) is 0 Å². The van der Waals surface area contributed by atoms with Crippen LogP contribution in [-0.2, 0) is 4.74 Å². The van der Waals surface area contributed by atoms with Crippen LogP contribution in [0.3, 0.4) is 0 Å². The third kappa shape index (κ3) is 2.89. The van der Waals surface area contributed by atoms with Gasteiger partial charge in [-0.3, -0.25) is 10.4 Å². The number of H-pyrrole nitrogens is 1. The van der Waals surface area contributed by atoms with Crippen molar-refractivity contribution in [3.05, 3.63) is 36.0 Å².